The molecule has 190 valence electrons. The van der Waals surface area contributed by atoms with E-state index < -0.39 is 15.8 Å². The molecule has 0 radical (unpaired) electrons. The van der Waals surface area contributed by atoms with Crippen molar-refractivity contribution in [1.29, 1.82) is 0 Å². The number of hydrogen-bond acceptors (Lipinski definition) is 3. The number of aromatic nitrogens is 2. The SMILES string of the molecule is CC(C)(C)Cc1ccc(P2C(C)(C)CC(=O)CC2(C)C)c(CP(c2ccccn2)c2ccccn2)c1. The third-order valence-corrected chi connectivity index (χ3v) is 12.7. The van der Waals surface area contributed by atoms with Gasteiger partial charge >= 0.3 is 0 Å². The number of carbonyl (C=O) groups excluding carboxylic acids is 1. The summed E-state index contributed by atoms with van der Waals surface area (Å²) in [7, 11) is -1.33. The highest BCUT2D eigenvalue weighted by molar-refractivity contribution is 7.72. The molecule has 0 spiro atoms. The molecule has 0 bridgehead atoms. The van der Waals surface area contributed by atoms with Crippen LogP contribution >= 0.6 is 15.8 Å². The van der Waals surface area contributed by atoms with Gasteiger partial charge in [0.05, 0.1) is 10.9 Å². The highest BCUT2D eigenvalue weighted by Crippen LogP contribution is 2.64. The summed E-state index contributed by atoms with van der Waals surface area (Å²) in [5.74, 6) is 0.402. The lowest BCUT2D eigenvalue weighted by Crippen LogP contribution is -2.44. The Kier molecular flexibility index (Phi) is 7.85. The minimum absolute atomic E-state index is 0.0345. The van der Waals surface area contributed by atoms with Crippen molar-refractivity contribution in [3.63, 3.8) is 0 Å². The van der Waals surface area contributed by atoms with Crippen LogP contribution < -0.4 is 16.2 Å². The van der Waals surface area contributed by atoms with Gasteiger partial charge in [-0.05, 0) is 62.8 Å². The van der Waals surface area contributed by atoms with Crippen LogP contribution in [0.4, 0.5) is 0 Å². The topological polar surface area (TPSA) is 42.9 Å². The number of rotatable bonds is 6. The Morgan fingerprint density at radius 1 is 0.861 bits per heavy atom. The average molecular weight is 519 g/mol. The fourth-order valence-electron chi connectivity index (χ4n) is 5.84. The molecular formula is C31H40N2OP2. The highest BCUT2D eigenvalue weighted by Gasteiger charge is 2.48. The van der Waals surface area contributed by atoms with Crippen LogP contribution in [0.15, 0.2) is 67.0 Å². The van der Waals surface area contributed by atoms with Crippen molar-refractivity contribution in [2.24, 2.45) is 5.41 Å². The predicted molar refractivity (Wildman–Crippen MR) is 157 cm³/mol. The van der Waals surface area contributed by atoms with E-state index in [-0.39, 0.29) is 15.7 Å². The summed E-state index contributed by atoms with van der Waals surface area (Å²) in [4.78, 5) is 22.3. The molecule has 0 atom stereocenters. The molecule has 0 amide bonds. The molecular weight excluding hydrogens is 478 g/mol. The van der Waals surface area contributed by atoms with Crippen molar-refractivity contribution in [3.8, 4) is 0 Å². The Labute approximate surface area is 220 Å². The Hall–Kier alpha value is -1.95. The second-order valence-corrected chi connectivity index (χ2v) is 18.2. The van der Waals surface area contributed by atoms with Crippen LogP contribution in [0.5, 0.6) is 0 Å². The van der Waals surface area contributed by atoms with Crippen molar-refractivity contribution in [2.75, 3.05) is 0 Å². The number of carbonyl (C=O) groups is 1. The molecule has 3 aromatic rings. The molecule has 36 heavy (non-hydrogen) atoms. The fraction of sp³-hybridized carbons (Fsp3) is 0.452. The lowest BCUT2D eigenvalue weighted by Gasteiger charge is -2.50. The molecule has 3 heterocycles. The maximum absolute atomic E-state index is 12.7. The number of ketones is 1. The smallest absolute Gasteiger partial charge is 0.134 e. The minimum atomic E-state index is -0.759. The summed E-state index contributed by atoms with van der Waals surface area (Å²) in [5, 5.41) is 1.39. The van der Waals surface area contributed by atoms with Gasteiger partial charge in [-0.1, -0.05) is 86.7 Å². The molecule has 5 heteroatoms. The zero-order chi connectivity index (χ0) is 26.1. The van der Waals surface area contributed by atoms with Gasteiger partial charge in [-0.2, -0.15) is 0 Å². The molecule has 1 saturated heterocycles. The summed E-state index contributed by atoms with van der Waals surface area (Å²) in [5.41, 5.74) is 5.25. The molecule has 4 rings (SSSR count). The van der Waals surface area contributed by atoms with Gasteiger partial charge in [0.25, 0.3) is 0 Å². The molecule has 0 aliphatic carbocycles. The maximum atomic E-state index is 12.7. The van der Waals surface area contributed by atoms with E-state index >= 15 is 0 Å². The monoisotopic (exact) mass is 518 g/mol. The standard InChI is InChI=1S/C31H40N2OP2/c1-29(2,3)19-23-14-15-26(36-30(4,5)20-25(34)21-31(36,6)7)24(18-23)22-35(27-12-8-10-16-32-27)28-13-9-11-17-33-28/h8-18H,19-22H2,1-7H3. The molecule has 1 fully saturated rings. The fourth-order valence-corrected chi connectivity index (χ4v) is 12.3. The first-order valence-electron chi connectivity index (χ1n) is 12.9. The highest BCUT2D eigenvalue weighted by atomic mass is 31.1. The second kappa shape index (κ2) is 10.4. The van der Waals surface area contributed by atoms with Crippen LogP contribution in [0.25, 0.3) is 0 Å². The first kappa shape index (κ1) is 27.1. The van der Waals surface area contributed by atoms with Gasteiger partial charge < -0.3 is 0 Å². The number of hydrogen-bond donors (Lipinski definition) is 0. The van der Waals surface area contributed by atoms with Gasteiger partial charge in [0.1, 0.15) is 5.78 Å². The third-order valence-electron chi connectivity index (χ3n) is 6.77. The van der Waals surface area contributed by atoms with Crippen molar-refractivity contribution in [2.45, 2.75) is 84.2 Å². The summed E-state index contributed by atoms with van der Waals surface area (Å²) in [6, 6.07) is 19.7. The molecule has 2 aromatic heterocycles. The number of benzene rings is 1. The van der Waals surface area contributed by atoms with Gasteiger partial charge in [-0.3, -0.25) is 14.8 Å². The van der Waals surface area contributed by atoms with Gasteiger partial charge in [0.2, 0.25) is 0 Å². The van der Waals surface area contributed by atoms with E-state index in [1.165, 1.54) is 16.4 Å². The number of Topliss-reactive ketones (excluding diaryl/α,β-unsaturated/α-hetero) is 1. The van der Waals surface area contributed by atoms with E-state index in [2.05, 4.69) is 90.9 Å². The second-order valence-electron chi connectivity index (χ2n) is 12.5. The van der Waals surface area contributed by atoms with Crippen molar-refractivity contribution in [1.82, 2.24) is 9.97 Å². The molecule has 1 aromatic carbocycles. The molecule has 1 aliphatic rings. The van der Waals surface area contributed by atoms with Gasteiger partial charge in [-0.25, -0.2) is 0 Å². The zero-order valence-electron chi connectivity index (χ0n) is 22.9. The Morgan fingerprint density at radius 2 is 1.42 bits per heavy atom. The van der Waals surface area contributed by atoms with Gasteiger partial charge in [-0.15, -0.1) is 0 Å². The van der Waals surface area contributed by atoms with E-state index in [9.17, 15) is 4.79 Å². The minimum Gasteiger partial charge on any atom is -0.300 e. The van der Waals surface area contributed by atoms with Crippen LogP contribution in [0.2, 0.25) is 0 Å². The van der Waals surface area contributed by atoms with Crippen LogP contribution in [-0.2, 0) is 17.4 Å². The maximum Gasteiger partial charge on any atom is 0.134 e. The molecule has 0 N–H and O–H groups in total. The number of pyridine rings is 2. The van der Waals surface area contributed by atoms with Gasteiger partial charge in [0.15, 0.2) is 0 Å². The first-order valence-corrected chi connectivity index (χ1v) is 15.8. The first-order chi connectivity index (χ1) is 16.9. The van der Waals surface area contributed by atoms with E-state index in [0.717, 1.165) is 23.5 Å². The largest absolute Gasteiger partial charge is 0.300 e. The Balaban J connectivity index is 1.86. The lowest BCUT2D eigenvalue weighted by molar-refractivity contribution is -0.120. The number of nitrogens with zero attached hydrogens (tertiary/aromatic N) is 2. The van der Waals surface area contributed by atoms with Crippen LogP contribution in [-0.4, -0.2) is 26.1 Å². The quantitative estimate of drug-likeness (QED) is 0.340. The molecule has 0 unspecified atom stereocenters. The zero-order valence-corrected chi connectivity index (χ0v) is 24.7. The Bertz CT molecular complexity index is 1140. The Morgan fingerprint density at radius 3 is 1.89 bits per heavy atom. The molecule has 0 saturated carbocycles. The van der Waals surface area contributed by atoms with Gasteiger partial charge in [0, 0.05) is 39.3 Å². The van der Waals surface area contributed by atoms with Crippen molar-refractivity contribution in [3.05, 3.63) is 78.1 Å². The van der Waals surface area contributed by atoms with Crippen molar-refractivity contribution >= 4 is 37.8 Å². The van der Waals surface area contributed by atoms with Crippen LogP contribution in [0.3, 0.4) is 0 Å². The van der Waals surface area contributed by atoms with E-state index in [1.54, 1.807) is 0 Å². The normalized spacial score (nSPS) is 17.9. The van der Waals surface area contributed by atoms with E-state index in [0.29, 0.717) is 18.6 Å². The summed E-state index contributed by atoms with van der Waals surface area (Å²) < 4.78 is 0. The van der Waals surface area contributed by atoms with Crippen LogP contribution in [0.1, 0.15) is 72.4 Å². The summed E-state index contributed by atoms with van der Waals surface area (Å²) in [6.45, 7) is 16.2. The van der Waals surface area contributed by atoms with Crippen LogP contribution in [0, 0.1) is 5.41 Å². The summed E-state index contributed by atoms with van der Waals surface area (Å²) in [6.07, 6.45) is 7.08. The predicted octanol–water partition coefficient (Wildman–Crippen LogP) is 6.73. The van der Waals surface area contributed by atoms with E-state index in [1.807, 2.05) is 24.5 Å². The van der Waals surface area contributed by atoms with E-state index in [4.69, 9.17) is 9.97 Å². The summed E-state index contributed by atoms with van der Waals surface area (Å²) >= 11 is 0. The average Bonchev–Trinajstić information content (AvgIpc) is 2.77. The van der Waals surface area contributed by atoms with Crippen molar-refractivity contribution < 1.29 is 4.79 Å². The lowest BCUT2D eigenvalue weighted by atomic mass is 9.88. The third kappa shape index (κ3) is 6.30. The molecule has 1 aliphatic heterocycles. The molecule has 3 nitrogen and oxygen atoms in total.